The molecule has 0 aliphatic heterocycles. The van der Waals surface area contributed by atoms with Gasteiger partial charge in [-0.25, -0.2) is 13.6 Å². The van der Waals surface area contributed by atoms with Crippen LogP contribution in [0.1, 0.15) is 10.4 Å². The van der Waals surface area contributed by atoms with Crippen LogP contribution < -0.4 is 0 Å². The van der Waals surface area contributed by atoms with E-state index in [4.69, 9.17) is 5.11 Å². The number of benzene rings is 1. The van der Waals surface area contributed by atoms with E-state index in [0.717, 1.165) is 0 Å². The summed E-state index contributed by atoms with van der Waals surface area (Å²) in [5.74, 6) is -5.38. The molecule has 0 saturated heterocycles. The molecular weight excluding hydrogens is 237 g/mol. The minimum atomic E-state index is -5.27. The Labute approximate surface area is 82.2 Å². The number of hydrogen-bond acceptors (Lipinski definition) is 3. The van der Waals surface area contributed by atoms with E-state index in [2.05, 4.69) is 0 Å². The minimum Gasteiger partial charge on any atom is -0.478 e. The Kier molecular flexibility index (Phi) is 2.71. The van der Waals surface area contributed by atoms with Crippen molar-refractivity contribution < 1.29 is 31.0 Å². The standard InChI is InChI=1S/C7H3F3O4S/c8-5-2-3(15(10,13)14)1-4(6(5)9)7(11)12/h1-2H,(H,11,12). The predicted octanol–water partition coefficient (Wildman–Crippen LogP) is 1.32. The summed E-state index contributed by atoms with van der Waals surface area (Å²) in [7, 11) is -5.27. The van der Waals surface area contributed by atoms with E-state index >= 15 is 0 Å². The second-order valence-electron chi connectivity index (χ2n) is 2.51. The SMILES string of the molecule is O=C(O)c1cc(S(=O)(=O)F)cc(F)c1F. The van der Waals surface area contributed by atoms with Crippen molar-refractivity contribution >= 4 is 16.2 Å². The van der Waals surface area contributed by atoms with Gasteiger partial charge in [-0.3, -0.25) is 0 Å². The zero-order valence-corrected chi connectivity index (χ0v) is 7.69. The van der Waals surface area contributed by atoms with Crippen molar-refractivity contribution in [2.45, 2.75) is 4.90 Å². The summed E-state index contributed by atoms with van der Waals surface area (Å²) in [6.07, 6.45) is 0. The predicted molar refractivity (Wildman–Crippen MR) is 41.6 cm³/mol. The highest BCUT2D eigenvalue weighted by Gasteiger charge is 2.22. The van der Waals surface area contributed by atoms with Gasteiger partial charge in [-0.1, -0.05) is 0 Å². The lowest BCUT2D eigenvalue weighted by Gasteiger charge is -2.01. The van der Waals surface area contributed by atoms with Crippen LogP contribution in [0.15, 0.2) is 17.0 Å². The summed E-state index contributed by atoms with van der Waals surface area (Å²) in [5, 5.41) is 8.36. The average molecular weight is 240 g/mol. The molecule has 0 heterocycles. The van der Waals surface area contributed by atoms with Gasteiger partial charge in [0.15, 0.2) is 11.6 Å². The minimum absolute atomic E-state index is 0.0666. The van der Waals surface area contributed by atoms with Crippen LogP contribution in [-0.2, 0) is 10.2 Å². The summed E-state index contributed by atoms with van der Waals surface area (Å²) in [5.41, 5.74) is -1.24. The van der Waals surface area contributed by atoms with Crippen LogP contribution in [0, 0.1) is 11.6 Å². The first kappa shape index (κ1) is 11.5. The molecule has 0 aliphatic carbocycles. The van der Waals surface area contributed by atoms with E-state index in [-0.39, 0.29) is 12.1 Å². The third-order valence-electron chi connectivity index (χ3n) is 1.51. The molecule has 1 N–H and O–H groups in total. The topological polar surface area (TPSA) is 71.4 Å². The van der Waals surface area contributed by atoms with E-state index < -0.39 is 38.3 Å². The number of aromatic carboxylic acids is 1. The van der Waals surface area contributed by atoms with Crippen molar-refractivity contribution in [2.75, 3.05) is 0 Å². The van der Waals surface area contributed by atoms with E-state index in [1.165, 1.54) is 0 Å². The zero-order chi connectivity index (χ0) is 11.8. The molecule has 0 fully saturated rings. The molecule has 0 saturated carbocycles. The van der Waals surface area contributed by atoms with Gasteiger partial charge in [-0.15, -0.1) is 3.89 Å². The van der Waals surface area contributed by atoms with E-state index in [1.54, 1.807) is 0 Å². The van der Waals surface area contributed by atoms with Gasteiger partial charge in [-0.2, -0.15) is 8.42 Å². The van der Waals surface area contributed by atoms with Crippen molar-refractivity contribution in [1.29, 1.82) is 0 Å². The molecule has 8 heteroatoms. The molecule has 0 bridgehead atoms. The molecule has 4 nitrogen and oxygen atoms in total. The normalized spacial score (nSPS) is 11.4. The zero-order valence-electron chi connectivity index (χ0n) is 6.87. The molecule has 0 aliphatic rings. The van der Waals surface area contributed by atoms with Crippen LogP contribution in [0.25, 0.3) is 0 Å². The molecule has 0 radical (unpaired) electrons. The fourth-order valence-corrected chi connectivity index (χ4v) is 1.36. The maximum Gasteiger partial charge on any atom is 0.338 e. The summed E-state index contributed by atoms with van der Waals surface area (Å²) >= 11 is 0. The average Bonchev–Trinajstić information content (AvgIpc) is 2.06. The Bertz CT molecular complexity index is 523. The number of carboxylic acids is 1. The largest absolute Gasteiger partial charge is 0.478 e. The lowest BCUT2D eigenvalue weighted by Crippen LogP contribution is -2.06. The fourth-order valence-electron chi connectivity index (χ4n) is 0.861. The van der Waals surface area contributed by atoms with E-state index in [0.29, 0.717) is 0 Å². The van der Waals surface area contributed by atoms with E-state index in [9.17, 15) is 25.9 Å². The maximum absolute atomic E-state index is 12.7. The summed E-state index contributed by atoms with van der Waals surface area (Å²) in [4.78, 5) is 9.09. The summed E-state index contributed by atoms with van der Waals surface area (Å²) < 4.78 is 58.4. The van der Waals surface area contributed by atoms with Gasteiger partial charge >= 0.3 is 16.2 Å². The van der Waals surface area contributed by atoms with Crippen molar-refractivity contribution in [3.63, 3.8) is 0 Å². The third-order valence-corrected chi connectivity index (χ3v) is 2.31. The van der Waals surface area contributed by atoms with Crippen LogP contribution in [0.5, 0.6) is 0 Å². The molecule has 0 atom stereocenters. The Morgan fingerprint density at radius 1 is 1.27 bits per heavy atom. The van der Waals surface area contributed by atoms with Gasteiger partial charge in [0.25, 0.3) is 0 Å². The van der Waals surface area contributed by atoms with Crippen molar-refractivity contribution in [3.05, 3.63) is 29.3 Å². The molecule has 0 unspecified atom stereocenters. The first-order chi connectivity index (χ1) is 6.73. The van der Waals surface area contributed by atoms with Gasteiger partial charge in [0, 0.05) is 0 Å². The molecule has 0 spiro atoms. The monoisotopic (exact) mass is 240 g/mol. The molecule has 82 valence electrons. The molecule has 1 aromatic carbocycles. The van der Waals surface area contributed by atoms with E-state index in [1.807, 2.05) is 0 Å². The van der Waals surface area contributed by atoms with Gasteiger partial charge in [-0.05, 0) is 12.1 Å². The number of carbonyl (C=O) groups is 1. The Morgan fingerprint density at radius 2 is 1.80 bits per heavy atom. The molecule has 1 aromatic rings. The van der Waals surface area contributed by atoms with Gasteiger partial charge in [0.1, 0.15) is 4.90 Å². The Balaban J connectivity index is 3.57. The van der Waals surface area contributed by atoms with Crippen molar-refractivity contribution in [3.8, 4) is 0 Å². The highest BCUT2D eigenvalue weighted by atomic mass is 32.3. The molecule has 0 amide bonds. The lowest BCUT2D eigenvalue weighted by atomic mass is 10.2. The molecular formula is C7H3F3O4S. The van der Waals surface area contributed by atoms with Crippen LogP contribution in [-0.4, -0.2) is 19.5 Å². The molecule has 0 aromatic heterocycles. The highest BCUT2D eigenvalue weighted by molar-refractivity contribution is 7.86. The Hall–Kier alpha value is -1.57. The summed E-state index contributed by atoms with van der Waals surface area (Å²) in [6.45, 7) is 0. The first-order valence-corrected chi connectivity index (χ1v) is 4.79. The number of rotatable bonds is 2. The first-order valence-electron chi connectivity index (χ1n) is 3.40. The van der Waals surface area contributed by atoms with Crippen LogP contribution in [0.4, 0.5) is 12.7 Å². The van der Waals surface area contributed by atoms with Gasteiger partial charge < -0.3 is 5.11 Å². The van der Waals surface area contributed by atoms with Gasteiger partial charge in [0.2, 0.25) is 0 Å². The third kappa shape index (κ3) is 2.27. The molecule has 1 rings (SSSR count). The number of hydrogen-bond donors (Lipinski definition) is 1. The summed E-state index contributed by atoms with van der Waals surface area (Å²) in [6, 6.07) is 0.271. The number of carboxylic acid groups (broad SMARTS) is 1. The second-order valence-corrected chi connectivity index (χ2v) is 3.86. The smallest absolute Gasteiger partial charge is 0.338 e. The lowest BCUT2D eigenvalue weighted by molar-refractivity contribution is 0.0690. The quantitative estimate of drug-likeness (QED) is 0.791. The van der Waals surface area contributed by atoms with Crippen molar-refractivity contribution in [1.82, 2.24) is 0 Å². The fraction of sp³-hybridized carbons (Fsp3) is 0. The van der Waals surface area contributed by atoms with Crippen LogP contribution in [0.3, 0.4) is 0 Å². The second kappa shape index (κ2) is 3.54. The van der Waals surface area contributed by atoms with Crippen molar-refractivity contribution in [2.24, 2.45) is 0 Å². The Morgan fingerprint density at radius 3 is 2.20 bits per heavy atom. The maximum atomic E-state index is 12.7. The molecule has 15 heavy (non-hydrogen) atoms. The van der Waals surface area contributed by atoms with Gasteiger partial charge in [0.05, 0.1) is 5.56 Å². The highest BCUT2D eigenvalue weighted by Crippen LogP contribution is 2.20. The van der Waals surface area contributed by atoms with Crippen LogP contribution >= 0.6 is 0 Å². The van der Waals surface area contributed by atoms with Crippen LogP contribution in [0.2, 0.25) is 0 Å². The number of halogens is 3.